The predicted molar refractivity (Wildman–Crippen MR) is 150 cm³/mol. The molecule has 3 aromatic rings. The third kappa shape index (κ3) is 5.58. The predicted octanol–water partition coefficient (Wildman–Crippen LogP) is 2.81. The van der Waals surface area contributed by atoms with Crippen LogP contribution in [0.25, 0.3) is 5.52 Å². The molecule has 5 rings (SSSR count). The number of guanidine groups is 1. The number of aromatic nitrogens is 2. The van der Waals surface area contributed by atoms with Gasteiger partial charge in [-0.2, -0.15) is 5.10 Å². The first-order valence-corrected chi connectivity index (χ1v) is 13.6. The minimum absolute atomic E-state index is 0.119. The van der Waals surface area contributed by atoms with Crippen LogP contribution in [0.5, 0.6) is 0 Å². The van der Waals surface area contributed by atoms with Gasteiger partial charge < -0.3 is 25.2 Å². The van der Waals surface area contributed by atoms with Crippen molar-refractivity contribution in [3.63, 3.8) is 0 Å². The lowest BCUT2D eigenvalue weighted by molar-refractivity contribution is -0.109. The highest BCUT2D eigenvalue weighted by Crippen LogP contribution is 2.35. The fourth-order valence-corrected chi connectivity index (χ4v) is 5.84. The number of aldehydes is 1. The van der Waals surface area contributed by atoms with Crippen LogP contribution in [0.1, 0.15) is 44.8 Å². The Morgan fingerprint density at radius 3 is 2.67 bits per heavy atom. The third-order valence-corrected chi connectivity index (χ3v) is 7.80. The number of nitrogens with one attached hydrogen (secondary N) is 2. The molecule has 2 aromatic heterocycles. The summed E-state index contributed by atoms with van der Waals surface area (Å²) in [7, 11) is 1.69. The van der Waals surface area contributed by atoms with Crippen LogP contribution in [0.4, 0.5) is 0 Å². The average Bonchev–Trinajstić information content (AvgIpc) is 3.62. The van der Waals surface area contributed by atoms with Crippen molar-refractivity contribution in [1.82, 2.24) is 30.0 Å². The van der Waals surface area contributed by atoms with Gasteiger partial charge in [-0.3, -0.25) is 14.6 Å². The second-order valence-corrected chi connectivity index (χ2v) is 10.4. The molecule has 4 heterocycles. The molecule has 204 valence electrons. The van der Waals surface area contributed by atoms with Gasteiger partial charge in [0.2, 0.25) is 0 Å². The summed E-state index contributed by atoms with van der Waals surface area (Å²) in [6.45, 7) is 2.69. The third-order valence-electron chi connectivity index (χ3n) is 7.09. The van der Waals surface area contributed by atoms with Gasteiger partial charge in [-0.25, -0.2) is 4.52 Å². The Morgan fingerprint density at radius 2 is 1.95 bits per heavy atom. The van der Waals surface area contributed by atoms with E-state index in [4.69, 9.17) is 23.2 Å². The highest BCUT2D eigenvalue weighted by Gasteiger charge is 2.29. The summed E-state index contributed by atoms with van der Waals surface area (Å²) in [4.78, 5) is 46.2. The van der Waals surface area contributed by atoms with Gasteiger partial charge in [0.15, 0.2) is 11.7 Å². The van der Waals surface area contributed by atoms with Gasteiger partial charge in [0, 0.05) is 46.0 Å². The van der Waals surface area contributed by atoms with E-state index in [-0.39, 0.29) is 28.1 Å². The first-order valence-electron chi connectivity index (χ1n) is 12.8. The lowest BCUT2D eigenvalue weighted by Crippen LogP contribution is -2.48. The normalized spacial score (nSPS) is 16.2. The van der Waals surface area contributed by atoms with Crippen molar-refractivity contribution in [1.29, 1.82) is 0 Å². The number of hydrogen-bond donors (Lipinski definition) is 2. The number of aliphatic imine (C=N–C) groups is 1. The van der Waals surface area contributed by atoms with Crippen molar-refractivity contribution >= 4 is 52.8 Å². The van der Waals surface area contributed by atoms with E-state index in [0.29, 0.717) is 37.4 Å². The van der Waals surface area contributed by atoms with E-state index in [1.54, 1.807) is 34.8 Å². The lowest BCUT2D eigenvalue weighted by atomic mass is 9.96. The molecule has 1 fully saturated rings. The van der Waals surface area contributed by atoms with Crippen LogP contribution in [0.15, 0.2) is 41.5 Å². The first-order chi connectivity index (χ1) is 18.9. The maximum atomic E-state index is 13.2. The van der Waals surface area contributed by atoms with E-state index in [1.807, 2.05) is 18.2 Å². The molecule has 1 saturated heterocycles. The van der Waals surface area contributed by atoms with Gasteiger partial charge in [0.1, 0.15) is 12.3 Å². The molecule has 0 aliphatic carbocycles. The molecule has 0 saturated carbocycles. The lowest BCUT2D eigenvalue weighted by Gasteiger charge is -2.30. The molecule has 2 N–H and O–H groups in total. The van der Waals surface area contributed by atoms with Crippen LogP contribution in [0, 0.1) is 0 Å². The fourth-order valence-electron chi connectivity index (χ4n) is 5.07. The topological polar surface area (TPSA) is 111 Å². The summed E-state index contributed by atoms with van der Waals surface area (Å²) in [5.74, 6) is -0.0316. The number of benzene rings is 1. The molecule has 0 radical (unpaired) electrons. The summed E-state index contributed by atoms with van der Waals surface area (Å²) in [6, 6.07) is 8.24. The van der Waals surface area contributed by atoms with E-state index in [9.17, 15) is 14.4 Å². The molecule has 2 amide bonds. The Hall–Kier alpha value is -3.63. The Morgan fingerprint density at radius 1 is 1.15 bits per heavy atom. The Bertz CT molecular complexity index is 1420. The highest BCUT2D eigenvalue weighted by atomic mass is 35.5. The van der Waals surface area contributed by atoms with E-state index in [2.05, 4.69) is 25.6 Å². The number of carbonyl (C=O) groups is 3. The van der Waals surface area contributed by atoms with Crippen molar-refractivity contribution in [2.75, 3.05) is 33.2 Å². The summed E-state index contributed by atoms with van der Waals surface area (Å²) < 4.78 is 1.66. The number of hydrogen-bond acceptors (Lipinski definition) is 5. The number of rotatable bonds is 6. The van der Waals surface area contributed by atoms with Crippen LogP contribution in [0.2, 0.25) is 10.0 Å². The van der Waals surface area contributed by atoms with Crippen LogP contribution in [0.3, 0.4) is 0 Å². The second kappa shape index (κ2) is 11.6. The Kier molecular flexibility index (Phi) is 8.04. The highest BCUT2D eigenvalue weighted by molar-refractivity contribution is 6.40. The molecule has 1 unspecified atom stereocenters. The minimum Gasteiger partial charge on any atom is -0.354 e. The molecule has 0 bridgehead atoms. The van der Waals surface area contributed by atoms with E-state index < -0.39 is 11.9 Å². The number of amides is 2. The van der Waals surface area contributed by atoms with E-state index in [1.165, 1.54) is 0 Å². The number of carbonyl (C=O) groups excluding carboxylic acids is 3. The first kappa shape index (κ1) is 27.0. The summed E-state index contributed by atoms with van der Waals surface area (Å²) in [6.07, 6.45) is 5.10. The molecular weight excluding hydrogens is 541 g/mol. The molecule has 2 aliphatic rings. The number of nitrogens with zero attached hydrogens (tertiary/aromatic N) is 5. The monoisotopic (exact) mass is 569 g/mol. The zero-order valence-electron chi connectivity index (χ0n) is 21.5. The average molecular weight is 570 g/mol. The Labute approximate surface area is 235 Å². The van der Waals surface area contributed by atoms with Gasteiger partial charge in [-0.1, -0.05) is 29.3 Å². The number of halogens is 2. The summed E-state index contributed by atoms with van der Waals surface area (Å²) in [5.41, 5.74) is 2.84. The zero-order valence-corrected chi connectivity index (χ0v) is 23.0. The molecule has 1 aromatic carbocycles. The second-order valence-electron chi connectivity index (χ2n) is 9.60. The van der Waals surface area contributed by atoms with E-state index in [0.717, 1.165) is 42.6 Å². The smallest absolute Gasteiger partial charge is 0.274 e. The standard InChI is InChI=1S/C27H29Cl2N7O3/c1-30-27(34-8-4-5-9-34)31-14-18(16-37)32-25(38)23-21(28)12-17-15-35(11-7-20(17)24(23)29)26(39)22-13-19-6-2-3-10-36(19)33-22/h2-3,6,10,12-13,16,18H,4-5,7-9,11,14-15H2,1H3,(H,30,31)(H,32,38). The number of fused-ring (bicyclic) bond motifs is 2. The number of pyridine rings is 1. The molecule has 39 heavy (non-hydrogen) atoms. The van der Waals surface area contributed by atoms with Crippen molar-refractivity contribution in [2.24, 2.45) is 4.99 Å². The quantitative estimate of drug-likeness (QED) is 0.268. The maximum absolute atomic E-state index is 13.2. The van der Waals surface area contributed by atoms with E-state index >= 15 is 0 Å². The maximum Gasteiger partial charge on any atom is 0.274 e. The van der Waals surface area contributed by atoms with Crippen LogP contribution in [-0.2, 0) is 17.8 Å². The van der Waals surface area contributed by atoms with Crippen molar-refractivity contribution in [2.45, 2.75) is 31.8 Å². The van der Waals surface area contributed by atoms with Crippen LogP contribution >= 0.6 is 23.2 Å². The molecule has 12 heteroatoms. The largest absolute Gasteiger partial charge is 0.354 e. The van der Waals surface area contributed by atoms with Crippen LogP contribution < -0.4 is 10.6 Å². The summed E-state index contributed by atoms with van der Waals surface area (Å²) in [5, 5.41) is 10.6. The Balaban J connectivity index is 1.27. The van der Waals surface area contributed by atoms with Gasteiger partial charge in [-0.15, -0.1) is 0 Å². The van der Waals surface area contributed by atoms with Crippen molar-refractivity contribution < 1.29 is 14.4 Å². The van der Waals surface area contributed by atoms with Gasteiger partial charge in [0.05, 0.1) is 21.1 Å². The van der Waals surface area contributed by atoms with Gasteiger partial charge in [0.25, 0.3) is 11.8 Å². The summed E-state index contributed by atoms with van der Waals surface area (Å²) >= 11 is 13.2. The zero-order chi connectivity index (χ0) is 27.5. The van der Waals surface area contributed by atoms with Crippen LogP contribution in [-0.4, -0.2) is 82.7 Å². The van der Waals surface area contributed by atoms with Crippen molar-refractivity contribution in [3.05, 3.63) is 69.0 Å². The molecular formula is C27H29Cl2N7O3. The molecule has 2 aliphatic heterocycles. The van der Waals surface area contributed by atoms with Gasteiger partial charge in [-0.05, 0) is 54.7 Å². The SMILES string of the molecule is C/N=C(/NCC(C=O)NC(=O)c1c(Cl)cc2c(c1Cl)CCN(C(=O)c1cc3ccccn3n1)C2)N1CCCC1. The molecule has 10 nitrogen and oxygen atoms in total. The molecule has 1 atom stereocenters. The molecule has 0 spiro atoms. The van der Waals surface area contributed by atoms with Crippen molar-refractivity contribution in [3.8, 4) is 0 Å². The minimum atomic E-state index is -0.807. The number of likely N-dealkylation sites (tertiary alicyclic amines) is 1. The fraction of sp³-hybridized carbons (Fsp3) is 0.370. The van der Waals surface area contributed by atoms with Gasteiger partial charge >= 0.3 is 0 Å².